The molecule has 0 aliphatic carbocycles. The number of carbonyl (C=O) groups excluding carboxylic acids is 1. The lowest BCUT2D eigenvalue weighted by atomic mass is 9.85. The third kappa shape index (κ3) is 3.10. The summed E-state index contributed by atoms with van der Waals surface area (Å²) < 4.78 is 11.8. The van der Waals surface area contributed by atoms with E-state index in [1.54, 1.807) is 36.9 Å². The first-order chi connectivity index (χ1) is 13.4. The molecule has 0 saturated heterocycles. The van der Waals surface area contributed by atoms with Crippen molar-refractivity contribution in [2.24, 2.45) is 0 Å². The third-order valence-electron chi connectivity index (χ3n) is 5.06. The van der Waals surface area contributed by atoms with Crippen LogP contribution in [0.2, 0.25) is 0 Å². The number of aliphatic hydroxyl groups is 1. The van der Waals surface area contributed by atoms with Crippen LogP contribution >= 0.6 is 0 Å². The fraction of sp³-hybridized carbons (Fsp3) is 0.273. The van der Waals surface area contributed by atoms with E-state index < -0.39 is 17.7 Å². The Labute approximate surface area is 163 Å². The van der Waals surface area contributed by atoms with Gasteiger partial charge < -0.3 is 19.5 Å². The van der Waals surface area contributed by atoms with Crippen LogP contribution < -0.4 is 9.47 Å². The van der Waals surface area contributed by atoms with Crippen molar-refractivity contribution in [3.63, 3.8) is 0 Å². The summed E-state index contributed by atoms with van der Waals surface area (Å²) in [6.07, 6.45) is 0.470. The van der Waals surface area contributed by atoms with Crippen LogP contribution in [0, 0.1) is 11.3 Å². The molecular formula is C22H20N2O4. The van der Waals surface area contributed by atoms with Gasteiger partial charge in [0, 0.05) is 11.6 Å². The Morgan fingerprint density at radius 2 is 2.00 bits per heavy atom. The van der Waals surface area contributed by atoms with Crippen molar-refractivity contribution in [2.75, 3.05) is 6.54 Å². The van der Waals surface area contributed by atoms with Gasteiger partial charge in [0.25, 0.3) is 5.91 Å². The highest BCUT2D eigenvalue weighted by Crippen LogP contribution is 2.44. The standard InChI is InChI=1S/C22H20N2O4/c1-22(2)21(26)20(17-10-14(12-23)8-9-18(17)28-22)24-13-16(11-19(24)25)27-15-6-4-3-5-7-15/h3-11,20-21,26H,13H2,1-2H3/t20-,21+/m0/s1. The average molecular weight is 376 g/mol. The highest BCUT2D eigenvalue weighted by atomic mass is 16.5. The fourth-order valence-corrected chi connectivity index (χ4v) is 3.62. The van der Waals surface area contributed by atoms with E-state index >= 15 is 0 Å². The number of rotatable bonds is 3. The molecule has 2 aliphatic rings. The molecule has 0 aromatic heterocycles. The second-order valence-corrected chi connectivity index (χ2v) is 7.45. The van der Waals surface area contributed by atoms with E-state index in [0.717, 1.165) is 0 Å². The van der Waals surface area contributed by atoms with Gasteiger partial charge in [-0.25, -0.2) is 0 Å². The van der Waals surface area contributed by atoms with Gasteiger partial charge in [-0.2, -0.15) is 5.26 Å². The van der Waals surface area contributed by atoms with Crippen LogP contribution in [0.1, 0.15) is 31.0 Å². The smallest absolute Gasteiger partial charge is 0.251 e. The molecule has 0 fully saturated rings. The molecule has 2 aromatic carbocycles. The molecule has 0 unspecified atom stereocenters. The number of benzene rings is 2. The number of hydrogen-bond acceptors (Lipinski definition) is 5. The summed E-state index contributed by atoms with van der Waals surface area (Å²) in [6.45, 7) is 3.78. The van der Waals surface area contributed by atoms with Crippen LogP contribution in [0.3, 0.4) is 0 Å². The summed E-state index contributed by atoms with van der Waals surface area (Å²) in [5, 5.41) is 20.2. The number of hydrogen-bond donors (Lipinski definition) is 1. The van der Waals surface area contributed by atoms with E-state index in [-0.39, 0.29) is 12.5 Å². The lowest BCUT2D eigenvalue weighted by molar-refractivity contribution is -0.137. The Balaban J connectivity index is 1.67. The highest BCUT2D eigenvalue weighted by molar-refractivity contribution is 5.91. The van der Waals surface area contributed by atoms with Gasteiger partial charge in [-0.05, 0) is 44.2 Å². The highest BCUT2D eigenvalue weighted by Gasteiger charge is 2.48. The van der Waals surface area contributed by atoms with Gasteiger partial charge in [0.2, 0.25) is 0 Å². The van der Waals surface area contributed by atoms with Gasteiger partial charge in [-0.3, -0.25) is 4.79 Å². The molecular weight excluding hydrogens is 356 g/mol. The monoisotopic (exact) mass is 376 g/mol. The zero-order valence-electron chi connectivity index (χ0n) is 15.6. The molecule has 0 spiro atoms. The van der Waals surface area contributed by atoms with E-state index in [2.05, 4.69) is 6.07 Å². The molecule has 4 rings (SSSR count). The minimum Gasteiger partial charge on any atom is -0.485 e. The molecule has 2 aromatic rings. The fourth-order valence-electron chi connectivity index (χ4n) is 3.62. The Hall–Kier alpha value is -3.30. The average Bonchev–Trinajstić information content (AvgIpc) is 3.03. The summed E-state index contributed by atoms with van der Waals surface area (Å²) in [5.41, 5.74) is 0.169. The van der Waals surface area contributed by atoms with E-state index in [1.807, 2.05) is 30.3 Å². The van der Waals surface area contributed by atoms with Crippen molar-refractivity contribution in [1.29, 1.82) is 5.26 Å². The molecule has 6 heteroatoms. The summed E-state index contributed by atoms with van der Waals surface area (Å²) in [5.74, 6) is 1.46. The summed E-state index contributed by atoms with van der Waals surface area (Å²) in [4.78, 5) is 14.3. The number of nitriles is 1. The quantitative estimate of drug-likeness (QED) is 0.891. The maximum absolute atomic E-state index is 12.7. The van der Waals surface area contributed by atoms with Gasteiger partial charge in [-0.15, -0.1) is 0 Å². The SMILES string of the molecule is CC1(C)Oc2ccc(C#N)cc2[C@H](N2CC(Oc3ccccc3)=CC2=O)[C@H]1O. The number of ether oxygens (including phenoxy) is 2. The van der Waals surface area contributed by atoms with Crippen molar-refractivity contribution in [3.8, 4) is 17.6 Å². The normalized spacial score (nSPS) is 22.7. The molecule has 0 saturated carbocycles. The van der Waals surface area contributed by atoms with Gasteiger partial charge in [0.1, 0.15) is 29.0 Å². The van der Waals surface area contributed by atoms with Crippen molar-refractivity contribution in [2.45, 2.75) is 31.6 Å². The molecule has 0 radical (unpaired) electrons. The van der Waals surface area contributed by atoms with E-state index in [9.17, 15) is 15.2 Å². The molecule has 0 bridgehead atoms. The predicted molar refractivity (Wildman–Crippen MR) is 101 cm³/mol. The second-order valence-electron chi connectivity index (χ2n) is 7.45. The van der Waals surface area contributed by atoms with Gasteiger partial charge in [0.05, 0.1) is 24.2 Å². The maximum Gasteiger partial charge on any atom is 0.251 e. The Kier molecular flexibility index (Phi) is 4.33. The minimum absolute atomic E-state index is 0.224. The Morgan fingerprint density at radius 1 is 1.25 bits per heavy atom. The third-order valence-corrected chi connectivity index (χ3v) is 5.06. The molecule has 2 heterocycles. The zero-order valence-corrected chi connectivity index (χ0v) is 15.6. The maximum atomic E-state index is 12.7. The molecule has 1 N–H and O–H groups in total. The molecule has 142 valence electrons. The number of aliphatic hydroxyl groups excluding tert-OH is 1. The Bertz CT molecular complexity index is 991. The zero-order chi connectivity index (χ0) is 19.9. The summed E-state index contributed by atoms with van der Waals surface area (Å²) in [6, 6.07) is 15.7. The number of fused-ring (bicyclic) bond motifs is 1. The van der Waals surface area contributed by atoms with Gasteiger partial charge >= 0.3 is 0 Å². The van der Waals surface area contributed by atoms with E-state index in [0.29, 0.717) is 28.4 Å². The molecule has 1 amide bonds. The lowest BCUT2D eigenvalue weighted by Gasteiger charge is -2.45. The molecule has 2 aliphatic heterocycles. The number of nitrogens with zero attached hydrogens (tertiary/aromatic N) is 2. The van der Waals surface area contributed by atoms with Gasteiger partial charge in [-0.1, -0.05) is 18.2 Å². The van der Waals surface area contributed by atoms with Crippen molar-refractivity contribution in [1.82, 2.24) is 4.90 Å². The predicted octanol–water partition coefficient (Wildman–Crippen LogP) is 2.94. The number of para-hydroxylation sites is 1. The summed E-state index contributed by atoms with van der Waals surface area (Å²) >= 11 is 0. The second kappa shape index (κ2) is 6.70. The lowest BCUT2D eigenvalue weighted by Crippen LogP contribution is -2.54. The minimum atomic E-state index is -0.970. The van der Waals surface area contributed by atoms with Crippen LogP contribution in [-0.4, -0.2) is 34.2 Å². The van der Waals surface area contributed by atoms with E-state index in [4.69, 9.17) is 9.47 Å². The van der Waals surface area contributed by atoms with E-state index in [1.165, 1.54) is 6.08 Å². The van der Waals surface area contributed by atoms with Crippen molar-refractivity contribution in [3.05, 3.63) is 71.5 Å². The largest absolute Gasteiger partial charge is 0.485 e. The van der Waals surface area contributed by atoms with Crippen LogP contribution in [0.4, 0.5) is 0 Å². The first kappa shape index (κ1) is 18.1. The molecule has 6 nitrogen and oxygen atoms in total. The molecule has 2 atom stereocenters. The van der Waals surface area contributed by atoms with Crippen LogP contribution in [-0.2, 0) is 4.79 Å². The number of amides is 1. The summed E-state index contributed by atoms with van der Waals surface area (Å²) in [7, 11) is 0. The topological polar surface area (TPSA) is 82.8 Å². The van der Waals surface area contributed by atoms with Crippen LogP contribution in [0.5, 0.6) is 11.5 Å². The van der Waals surface area contributed by atoms with Crippen LogP contribution in [0.25, 0.3) is 0 Å². The first-order valence-corrected chi connectivity index (χ1v) is 9.04. The van der Waals surface area contributed by atoms with Crippen LogP contribution in [0.15, 0.2) is 60.4 Å². The van der Waals surface area contributed by atoms with Crippen molar-refractivity contribution < 1.29 is 19.4 Å². The Morgan fingerprint density at radius 3 is 2.71 bits per heavy atom. The van der Waals surface area contributed by atoms with Gasteiger partial charge in [0.15, 0.2) is 0 Å². The first-order valence-electron chi connectivity index (χ1n) is 9.04. The molecule has 28 heavy (non-hydrogen) atoms. The number of carbonyl (C=O) groups is 1. The van der Waals surface area contributed by atoms with Crippen molar-refractivity contribution >= 4 is 5.91 Å².